The van der Waals surface area contributed by atoms with E-state index in [0.717, 1.165) is 0 Å². The van der Waals surface area contributed by atoms with Crippen molar-refractivity contribution in [2.45, 2.75) is 46.5 Å². The zero-order valence-electron chi connectivity index (χ0n) is 21.7. The average Bonchev–Trinajstić information content (AvgIpc) is 3.15. The third-order valence-electron chi connectivity index (χ3n) is 7.17. The fourth-order valence-corrected chi connectivity index (χ4v) is 5.30. The summed E-state index contributed by atoms with van der Waals surface area (Å²) < 4.78 is 4.91. The minimum Gasteiger partial charge on any atom is -0.225 e. The normalized spacial score (nSPS) is 11.7. The molecule has 0 atom stereocenters. The highest BCUT2D eigenvalue weighted by molar-refractivity contribution is 5.85. The van der Waals surface area contributed by atoms with Crippen molar-refractivity contribution < 1.29 is 4.57 Å². The van der Waals surface area contributed by atoms with Crippen LogP contribution in [0.4, 0.5) is 0 Å². The lowest BCUT2D eigenvalue weighted by molar-refractivity contribution is -0.633. The van der Waals surface area contributed by atoms with E-state index in [-0.39, 0.29) is 0 Å². The molecular formula is C33H35N2+. The number of aryl methyl sites for hydroxylation is 2. The van der Waals surface area contributed by atoms with Crippen LogP contribution in [0.2, 0.25) is 0 Å². The summed E-state index contributed by atoms with van der Waals surface area (Å²) in [6, 6.07) is 33.2. The van der Waals surface area contributed by atoms with Gasteiger partial charge in [0.25, 0.3) is 5.82 Å². The van der Waals surface area contributed by atoms with E-state index in [1.807, 2.05) is 0 Å². The van der Waals surface area contributed by atoms with E-state index in [0.29, 0.717) is 11.8 Å². The molecule has 35 heavy (non-hydrogen) atoms. The van der Waals surface area contributed by atoms with Gasteiger partial charge in [-0.1, -0.05) is 94.4 Å². The van der Waals surface area contributed by atoms with Crippen LogP contribution in [-0.2, 0) is 7.05 Å². The van der Waals surface area contributed by atoms with Crippen molar-refractivity contribution in [3.8, 4) is 28.2 Å². The van der Waals surface area contributed by atoms with Gasteiger partial charge in [0.15, 0.2) is 11.0 Å². The van der Waals surface area contributed by atoms with E-state index in [9.17, 15) is 0 Å². The second-order valence-corrected chi connectivity index (χ2v) is 10.2. The molecular weight excluding hydrogens is 424 g/mol. The van der Waals surface area contributed by atoms with Gasteiger partial charge in [0.2, 0.25) is 0 Å². The molecule has 0 spiro atoms. The fraction of sp³-hybridized carbons (Fsp3) is 0.242. The molecule has 0 amide bonds. The Labute approximate surface area is 209 Å². The summed E-state index contributed by atoms with van der Waals surface area (Å²) in [4.78, 5) is 0. The average molecular weight is 460 g/mol. The number of para-hydroxylation sites is 1. The minimum absolute atomic E-state index is 0.411. The molecule has 0 unspecified atom stereocenters. The lowest BCUT2D eigenvalue weighted by Crippen LogP contribution is -2.30. The van der Waals surface area contributed by atoms with Gasteiger partial charge < -0.3 is 0 Å². The SMILES string of the molecule is Cc1ccccc1-c1n(-c2c(C(C)C)cccc2C(C)C)c2cc(-c3ccccc3)ccc2[n+]1C. The highest BCUT2D eigenvalue weighted by Gasteiger charge is 2.31. The molecule has 4 aromatic carbocycles. The summed E-state index contributed by atoms with van der Waals surface area (Å²) in [5.74, 6) is 2.04. The number of imidazole rings is 1. The number of hydrogen-bond acceptors (Lipinski definition) is 0. The smallest absolute Gasteiger partial charge is 0.225 e. The Bertz CT molecular complexity index is 1480. The Kier molecular flexibility index (Phi) is 6.06. The first kappa shape index (κ1) is 23.1. The van der Waals surface area contributed by atoms with Gasteiger partial charge in [-0.25, -0.2) is 4.57 Å². The van der Waals surface area contributed by atoms with Crippen molar-refractivity contribution in [2.75, 3.05) is 0 Å². The first-order valence-electron chi connectivity index (χ1n) is 12.7. The largest absolute Gasteiger partial charge is 0.295 e. The van der Waals surface area contributed by atoms with Gasteiger partial charge in [-0.15, -0.1) is 0 Å². The van der Waals surface area contributed by atoms with E-state index in [1.165, 1.54) is 55.9 Å². The monoisotopic (exact) mass is 459 g/mol. The van der Waals surface area contributed by atoms with Gasteiger partial charge in [0, 0.05) is 11.1 Å². The molecule has 0 saturated heterocycles. The van der Waals surface area contributed by atoms with Crippen LogP contribution >= 0.6 is 0 Å². The van der Waals surface area contributed by atoms with Crippen LogP contribution in [-0.4, -0.2) is 4.57 Å². The number of aromatic nitrogens is 2. The van der Waals surface area contributed by atoms with Crippen LogP contribution < -0.4 is 4.57 Å². The van der Waals surface area contributed by atoms with Crippen LogP contribution in [0.1, 0.15) is 56.2 Å². The number of fused-ring (bicyclic) bond motifs is 1. The fourth-order valence-electron chi connectivity index (χ4n) is 5.30. The molecule has 176 valence electrons. The highest BCUT2D eigenvalue weighted by atomic mass is 15.2. The van der Waals surface area contributed by atoms with Crippen LogP contribution in [0.3, 0.4) is 0 Å². The Balaban J connectivity index is 1.96. The predicted molar refractivity (Wildman–Crippen MR) is 148 cm³/mol. The first-order chi connectivity index (χ1) is 16.9. The molecule has 0 saturated carbocycles. The second kappa shape index (κ2) is 9.19. The maximum atomic E-state index is 2.54. The van der Waals surface area contributed by atoms with Gasteiger partial charge in [0.05, 0.1) is 12.6 Å². The molecule has 5 aromatic rings. The Morgan fingerprint density at radius 2 is 1.29 bits per heavy atom. The summed E-state index contributed by atoms with van der Waals surface area (Å²) in [7, 11) is 2.20. The van der Waals surface area contributed by atoms with Gasteiger partial charge in [0.1, 0.15) is 5.69 Å². The number of nitrogens with zero attached hydrogens (tertiary/aromatic N) is 2. The molecule has 5 rings (SSSR count). The van der Waals surface area contributed by atoms with Crippen molar-refractivity contribution >= 4 is 11.0 Å². The third-order valence-corrected chi connectivity index (χ3v) is 7.17. The van der Waals surface area contributed by atoms with Gasteiger partial charge in [-0.2, -0.15) is 4.57 Å². The lowest BCUT2D eigenvalue weighted by atomic mass is 9.92. The van der Waals surface area contributed by atoms with Crippen molar-refractivity contribution in [3.63, 3.8) is 0 Å². The summed E-state index contributed by atoms with van der Waals surface area (Å²) in [6.07, 6.45) is 0. The highest BCUT2D eigenvalue weighted by Crippen LogP contribution is 2.38. The molecule has 2 nitrogen and oxygen atoms in total. The summed E-state index contributed by atoms with van der Waals surface area (Å²) in [5.41, 5.74) is 11.6. The summed E-state index contributed by atoms with van der Waals surface area (Å²) in [5, 5.41) is 0. The van der Waals surface area contributed by atoms with Gasteiger partial charge in [-0.05, 0) is 59.7 Å². The molecule has 0 fully saturated rings. The van der Waals surface area contributed by atoms with E-state index < -0.39 is 0 Å². The zero-order valence-corrected chi connectivity index (χ0v) is 21.7. The van der Waals surface area contributed by atoms with Gasteiger partial charge in [-0.3, -0.25) is 0 Å². The van der Waals surface area contributed by atoms with Crippen LogP contribution in [0.5, 0.6) is 0 Å². The standard InChI is InChI=1S/C33H35N2/c1-22(2)27-17-12-18-28(23(3)4)32(27)35-31-21-26(25-14-8-7-9-15-25)19-20-30(31)34(6)33(35)29-16-11-10-13-24(29)5/h7-23H,1-6H3/q+1. The van der Waals surface area contributed by atoms with Crippen molar-refractivity contribution in [1.82, 2.24) is 4.57 Å². The minimum atomic E-state index is 0.411. The topological polar surface area (TPSA) is 8.81 Å². The molecule has 0 radical (unpaired) electrons. The number of benzene rings is 4. The van der Waals surface area contributed by atoms with Crippen LogP contribution in [0, 0.1) is 6.92 Å². The van der Waals surface area contributed by atoms with E-state index in [1.54, 1.807) is 0 Å². The summed E-state index contributed by atoms with van der Waals surface area (Å²) >= 11 is 0. The van der Waals surface area contributed by atoms with Crippen LogP contribution in [0.15, 0.2) is 91.0 Å². The predicted octanol–water partition coefficient (Wildman–Crippen LogP) is 8.34. The molecule has 2 heteroatoms. The molecule has 0 aliphatic carbocycles. The number of hydrogen-bond donors (Lipinski definition) is 0. The molecule has 0 aliphatic rings. The first-order valence-corrected chi connectivity index (χ1v) is 12.7. The Hall–Kier alpha value is -3.65. The Morgan fingerprint density at radius 3 is 1.91 bits per heavy atom. The van der Waals surface area contributed by atoms with Crippen molar-refractivity contribution in [3.05, 3.63) is 108 Å². The van der Waals surface area contributed by atoms with E-state index >= 15 is 0 Å². The molecule has 1 aromatic heterocycles. The Morgan fingerprint density at radius 1 is 0.657 bits per heavy atom. The molecule has 0 N–H and O–H groups in total. The molecule has 1 heterocycles. The van der Waals surface area contributed by atoms with E-state index in [4.69, 9.17) is 0 Å². The van der Waals surface area contributed by atoms with E-state index in [2.05, 4.69) is 142 Å². The number of rotatable bonds is 5. The maximum Gasteiger partial charge on any atom is 0.295 e. The van der Waals surface area contributed by atoms with Crippen molar-refractivity contribution in [2.24, 2.45) is 7.05 Å². The zero-order chi connectivity index (χ0) is 24.7. The maximum absolute atomic E-state index is 2.54. The second-order valence-electron chi connectivity index (χ2n) is 10.2. The molecule has 0 aliphatic heterocycles. The molecule has 0 bridgehead atoms. The lowest BCUT2D eigenvalue weighted by Gasteiger charge is -2.18. The van der Waals surface area contributed by atoms with Crippen molar-refractivity contribution in [1.29, 1.82) is 0 Å². The van der Waals surface area contributed by atoms with Gasteiger partial charge >= 0.3 is 0 Å². The quantitative estimate of drug-likeness (QED) is 0.234. The summed E-state index contributed by atoms with van der Waals surface area (Å²) in [6.45, 7) is 11.4. The third kappa shape index (κ3) is 3.97. The van der Waals surface area contributed by atoms with Crippen LogP contribution in [0.25, 0.3) is 39.2 Å².